The lowest BCUT2D eigenvalue weighted by atomic mass is 10.1. The Morgan fingerprint density at radius 3 is 2.31 bits per heavy atom. The van der Waals surface area contributed by atoms with Gasteiger partial charge in [-0.15, -0.1) is 0 Å². The third kappa shape index (κ3) is 3.67. The van der Waals surface area contributed by atoms with Crippen LogP contribution in [-0.2, 0) is 6.42 Å². The van der Waals surface area contributed by atoms with Gasteiger partial charge < -0.3 is 5.73 Å². The van der Waals surface area contributed by atoms with E-state index in [0.717, 1.165) is 0 Å². The summed E-state index contributed by atoms with van der Waals surface area (Å²) in [6, 6.07) is 4.28. The van der Waals surface area contributed by atoms with Crippen molar-refractivity contribution in [1.82, 2.24) is 0 Å². The van der Waals surface area contributed by atoms with Crippen molar-refractivity contribution in [3.8, 4) is 0 Å². The van der Waals surface area contributed by atoms with Gasteiger partial charge in [0.15, 0.2) is 0 Å². The number of alkyl halides is 3. The van der Waals surface area contributed by atoms with Gasteiger partial charge >= 0.3 is 6.18 Å². The molecule has 0 unspecified atom stereocenters. The third-order valence-corrected chi connectivity index (χ3v) is 1.84. The zero-order valence-corrected chi connectivity index (χ0v) is 8.11. The number of hydrogen-bond acceptors (Lipinski definition) is 1. The van der Waals surface area contributed by atoms with E-state index in [0.29, 0.717) is 10.2 Å². The first-order valence-electron chi connectivity index (χ1n) is 3.48. The Morgan fingerprint density at radius 1 is 1.23 bits per heavy atom. The molecule has 0 spiro atoms. The Balaban J connectivity index is 2.90. The van der Waals surface area contributed by atoms with E-state index in [1.165, 1.54) is 12.1 Å². The lowest BCUT2D eigenvalue weighted by Crippen LogP contribution is -2.11. The standard InChI is InChI=1S/C8H7BrF3N/c9-6-1-5(2-7(13)3-6)4-8(10,11)12/h1-3H,4,13H2. The highest BCUT2D eigenvalue weighted by molar-refractivity contribution is 9.10. The lowest BCUT2D eigenvalue weighted by Gasteiger charge is -2.07. The summed E-state index contributed by atoms with van der Waals surface area (Å²) in [4.78, 5) is 0. The van der Waals surface area contributed by atoms with Crippen molar-refractivity contribution >= 4 is 21.6 Å². The maximum absolute atomic E-state index is 11.9. The van der Waals surface area contributed by atoms with Crippen LogP contribution in [0.5, 0.6) is 0 Å². The van der Waals surface area contributed by atoms with Gasteiger partial charge in [-0.05, 0) is 23.8 Å². The summed E-state index contributed by atoms with van der Waals surface area (Å²) in [5.41, 5.74) is 5.87. The molecular formula is C8H7BrF3N. The fourth-order valence-electron chi connectivity index (χ4n) is 1.01. The van der Waals surface area contributed by atoms with Crippen LogP contribution >= 0.6 is 15.9 Å². The van der Waals surface area contributed by atoms with E-state index in [1.807, 2.05) is 0 Å². The molecule has 0 aliphatic rings. The second kappa shape index (κ2) is 3.57. The summed E-state index contributed by atoms with van der Waals surface area (Å²) in [6.07, 6.45) is -5.14. The molecule has 0 aliphatic heterocycles. The second-order valence-electron chi connectivity index (χ2n) is 2.68. The van der Waals surface area contributed by atoms with Crippen LogP contribution in [0.1, 0.15) is 5.56 Å². The number of rotatable bonds is 1. The summed E-state index contributed by atoms with van der Waals surface area (Å²) < 4.78 is 36.4. The smallest absolute Gasteiger partial charge is 0.393 e. The highest BCUT2D eigenvalue weighted by Gasteiger charge is 2.27. The predicted octanol–water partition coefficient (Wildman–Crippen LogP) is 3.14. The number of nitrogen functional groups attached to an aromatic ring is 1. The molecule has 0 heterocycles. The van der Waals surface area contributed by atoms with Crippen LogP contribution < -0.4 is 5.73 Å². The minimum atomic E-state index is -4.19. The predicted molar refractivity (Wildman–Crippen MR) is 48.3 cm³/mol. The first-order chi connectivity index (χ1) is 5.87. The summed E-state index contributed by atoms with van der Waals surface area (Å²) in [5, 5.41) is 0. The maximum atomic E-state index is 11.9. The highest BCUT2D eigenvalue weighted by atomic mass is 79.9. The van der Waals surface area contributed by atoms with E-state index in [4.69, 9.17) is 5.73 Å². The number of halogens is 4. The Labute approximate surface area is 81.9 Å². The average Bonchev–Trinajstić information content (AvgIpc) is 1.78. The summed E-state index contributed by atoms with van der Waals surface area (Å²) in [6.45, 7) is 0. The molecule has 0 saturated heterocycles. The minimum Gasteiger partial charge on any atom is -0.399 e. The van der Waals surface area contributed by atoms with Crippen molar-refractivity contribution in [2.24, 2.45) is 0 Å². The molecule has 0 aliphatic carbocycles. The molecule has 1 rings (SSSR count). The number of anilines is 1. The normalized spacial score (nSPS) is 11.7. The maximum Gasteiger partial charge on any atom is 0.393 e. The van der Waals surface area contributed by atoms with Crippen LogP contribution in [0.3, 0.4) is 0 Å². The van der Waals surface area contributed by atoms with Gasteiger partial charge in [-0.2, -0.15) is 13.2 Å². The molecule has 0 bridgehead atoms. The van der Waals surface area contributed by atoms with Gasteiger partial charge in [0.25, 0.3) is 0 Å². The molecule has 0 amide bonds. The van der Waals surface area contributed by atoms with Gasteiger partial charge in [0.05, 0.1) is 6.42 Å². The minimum absolute atomic E-state index is 0.166. The summed E-state index contributed by atoms with van der Waals surface area (Å²) >= 11 is 3.07. The van der Waals surface area contributed by atoms with Gasteiger partial charge in [0, 0.05) is 10.2 Å². The van der Waals surface area contributed by atoms with Crippen LogP contribution in [-0.4, -0.2) is 6.18 Å². The van der Waals surface area contributed by atoms with Gasteiger partial charge in [-0.3, -0.25) is 0 Å². The zero-order valence-electron chi connectivity index (χ0n) is 6.53. The van der Waals surface area contributed by atoms with Crippen LogP contribution in [0, 0.1) is 0 Å². The van der Waals surface area contributed by atoms with Gasteiger partial charge in [-0.1, -0.05) is 15.9 Å². The van der Waals surface area contributed by atoms with Crippen molar-refractivity contribution < 1.29 is 13.2 Å². The topological polar surface area (TPSA) is 26.0 Å². The third-order valence-electron chi connectivity index (χ3n) is 1.38. The Morgan fingerprint density at radius 2 is 1.85 bits per heavy atom. The van der Waals surface area contributed by atoms with Crippen LogP contribution in [0.2, 0.25) is 0 Å². The highest BCUT2D eigenvalue weighted by Crippen LogP contribution is 2.25. The van der Waals surface area contributed by atoms with E-state index < -0.39 is 12.6 Å². The first kappa shape index (κ1) is 10.4. The average molecular weight is 254 g/mol. The molecule has 0 atom stereocenters. The Kier molecular flexibility index (Phi) is 2.85. The zero-order chi connectivity index (χ0) is 10.1. The quantitative estimate of drug-likeness (QED) is 0.765. The molecule has 2 N–H and O–H groups in total. The summed E-state index contributed by atoms with van der Waals surface area (Å²) in [5.74, 6) is 0. The molecule has 0 radical (unpaired) electrons. The fraction of sp³-hybridized carbons (Fsp3) is 0.250. The summed E-state index contributed by atoms with van der Waals surface area (Å²) in [7, 11) is 0. The van der Waals surface area contributed by atoms with Gasteiger partial charge in [0.2, 0.25) is 0 Å². The molecule has 0 saturated carbocycles. The molecule has 5 heteroatoms. The fourth-order valence-corrected chi connectivity index (χ4v) is 1.57. The molecule has 13 heavy (non-hydrogen) atoms. The molecule has 0 fully saturated rings. The van der Waals surface area contributed by atoms with Crippen molar-refractivity contribution in [3.05, 3.63) is 28.2 Å². The number of nitrogens with two attached hydrogens (primary N) is 1. The van der Waals surface area contributed by atoms with Gasteiger partial charge in [-0.25, -0.2) is 0 Å². The van der Waals surface area contributed by atoms with E-state index in [9.17, 15) is 13.2 Å². The molecule has 1 aromatic rings. The van der Waals surface area contributed by atoms with Crippen molar-refractivity contribution in [3.63, 3.8) is 0 Å². The van der Waals surface area contributed by atoms with Gasteiger partial charge in [0.1, 0.15) is 0 Å². The SMILES string of the molecule is Nc1cc(Br)cc(CC(F)(F)F)c1. The lowest BCUT2D eigenvalue weighted by molar-refractivity contribution is -0.127. The number of hydrogen-bond donors (Lipinski definition) is 1. The monoisotopic (exact) mass is 253 g/mol. The Bertz CT molecular complexity index is 288. The van der Waals surface area contributed by atoms with Crippen molar-refractivity contribution in [2.45, 2.75) is 12.6 Å². The molecular weight excluding hydrogens is 247 g/mol. The van der Waals surface area contributed by atoms with Crippen molar-refractivity contribution in [1.29, 1.82) is 0 Å². The molecule has 1 aromatic carbocycles. The van der Waals surface area contributed by atoms with E-state index in [2.05, 4.69) is 15.9 Å². The Hall–Kier alpha value is -0.710. The van der Waals surface area contributed by atoms with E-state index in [-0.39, 0.29) is 5.56 Å². The molecule has 72 valence electrons. The first-order valence-corrected chi connectivity index (χ1v) is 4.28. The molecule has 0 aromatic heterocycles. The number of benzene rings is 1. The van der Waals surface area contributed by atoms with Crippen LogP contribution in [0.4, 0.5) is 18.9 Å². The molecule has 1 nitrogen and oxygen atoms in total. The largest absolute Gasteiger partial charge is 0.399 e. The van der Waals surface area contributed by atoms with Crippen LogP contribution in [0.15, 0.2) is 22.7 Å². The van der Waals surface area contributed by atoms with Crippen LogP contribution in [0.25, 0.3) is 0 Å². The second-order valence-corrected chi connectivity index (χ2v) is 3.60. The van der Waals surface area contributed by atoms with Crippen molar-refractivity contribution in [2.75, 3.05) is 5.73 Å². The van der Waals surface area contributed by atoms with E-state index in [1.54, 1.807) is 6.07 Å². The van der Waals surface area contributed by atoms with E-state index >= 15 is 0 Å².